The molecule has 0 bridgehead atoms. The number of fused-ring (bicyclic) bond motifs is 1. The zero-order valence-corrected chi connectivity index (χ0v) is 9.84. The molecule has 0 spiro atoms. The predicted octanol–water partition coefficient (Wildman–Crippen LogP) is 3.33. The molecule has 1 aromatic carbocycles. The molecule has 0 radical (unpaired) electrons. The standard InChI is InChI=1S/C11H7Cl2NO2/c1-16-11(15)10-5-8(13)7-3-2-6(12)4-9(7)14-10/h2-5H,1H3. The Kier molecular flexibility index (Phi) is 2.99. The van der Waals surface area contributed by atoms with Crippen LogP contribution in [0.2, 0.25) is 10.0 Å². The highest BCUT2D eigenvalue weighted by atomic mass is 35.5. The predicted molar refractivity (Wildman–Crippen MR) is 63.1 cm³/mol. The van der Waals surface area contributed by atoms with Gasteiger partial charge in [0.05, 0.1) is 17.6 Å². The summed E-state index contributed by atoms with van der Waals surface area (Å²) in [5.74, 6) is -0.524. The number of pyridine rings is 1. The lowest BCUT2D eigenvalue weighted by Crippen LogP contribution is -2.04. The lowest BCUT2D eigenvalue weighted by atomic mass is 10.2. The molecular formula is C11H7Cl2NO2. The average Bonchev–Trinajstić information content (AvgIpc) is 2.27. The number of halogens is 2. The van der Waals surface area contributed by atoms with E-state index in [1.165, 1.54) is 13.2 Å². The van der Waals surface area contributed by atoms with Crippen LogP contribution < -0.4 is 0 Å². The van der Waals surface area contributed by atoms with Crippen molar-refractivity contribution in [3.05, 3.63) is 40.0 Å². The molecule has 3 nitrogen and oxygen atoms in total. The number of carbonyl (C=O) groups excluding carboxylic acids is 1. The molecule has 5 heteroatoms. The molecule has 0 N–H and O–H groups in total. The number of hydrogen-bond donors (Lipinski definition) is 0. The van der Waals surface area contributed by atoms with Gasteiger partial charge >= 0.3 is 5.97 Å². The fourth-order valence-corrected chi connectivity index (χ4v) is 1.80. The summed E-state index contributed by atoms with van der Waals surface area (Å²) in [7, 11) is 1.29. The third kappa shape index (κ3) is 1.96. The summed E-state index contributed by atoms with van der Waals surface area (Å²) >= 11 is 11.9. The Bertz CT molecular complexity index is 569. The van der Waals surface area contributed by atoms with Gasteiger partial charge in [0.1, 0.15) is 0 Å². The zero-order chi connectivity index (χ0) is 11.7. The van der Waals surface area contributed by atoms with Crippen LogP contribution in [0.3, 0.4) is 0 Å². The molecule has 82 valence electrons. The Labute approximate surface area is 102 Å². The van der Waals surface area contributed by atoms with Crippen LogP contribution in [0.1, 0.15) is 10.5 Å². The van der Waals surface area contributed by atoms with Crippen molar-refractivity contribution in [2.24, 2.45) is 0 Å². The summed E-state index contributed by atoms with van der Waals surface area (Å²) in [6.07, 6.45) is 0. The number of methoxy groups -OCH3 is 1. The van der Waals surface area contributed by atoms with Crippen molar-refractivity contribution < 1.29 is 9.53 Å². The minimum absolute atomic E-state index is 0.169. The second-order valence-electron chi connectivity index (χ2n) is 3.14. The average molecular weight is 256 g/mol. The van der Waals surface area contributed by atoms with Gasteiger partial charge in [0, 0.05) is 10.4 Å². The Morgan fingerprint density at radius 2 is 2.06 bits per heavy atom. The van der Waals surface area contributed by atoms with Crippen molar-refractivity contribution in [3.8, 4) is 0 Å². The molecule has 0 aliphatic rings. The summed E-state index contributed by atoms with van der Waals surface area (Å²) in [6, 6.07) is 6.60. The van der Waals surface area contributed by atoms with Gasteiger partial charge in [-0.25, -0.2) is 9.78 Å². The number of hydrogen-bond acceptors (Lipinski definition) is 3. The molecule has 0 saturated carbocycles. The van der Waals surface area contributed by atoms with E-state index in [-0.39, 0.29) is 5.69 Å². The van der Waals surface area contributed by atoms with Crippen LogP contribution in [-0.2, 0) is 4.74 Å². The maximum Gasteiger partial charge on any atom is 0.356 e. The number of aromatic nitrogens is 1. The first-order chi connectivity index (χ1) is 7.61. The molecule has 0 atom stereocenters. The lowest BCUT2D eigenvalue weighted by molar-refractivity contribution is 0.0594. The molecule has 0 fully saturated rings. The monoisotopic (exact) mass is 255 g/mol. The van der Waals surface area contributed by atoms with E-state index in [9.17, 15) is 4.79 Å². The molecule has 0 aliphatic heterocycles. The molecule has 1 heterocycles. The van der Waals surface area contributed by atoms with E-state index in [0.717, 1.165) is 5.39 Å². The van der Waals surface area contributed by atoms with E-state index >= 15 is 0 Å². The lowest BCUT2D eigenvalue weighted by Gasteiger charge is -2.04. The van der Waals surface area contributed by atoms with Gasteiger partial charge < -0.3 is 4.74 Å². The van der Waals surface area contributed by atoms with Crippen LogP contribution in [0.25, 0.3) is 10.9 Å². The van der Waals surface area contributed by atoms with E-state index in [2.05, 4.69) is 9.72 Å². The van der Waals surface area contributed by atoms with Gasteiger partial charge in [-0.2, -0.15) is 0 Å². The minimum atomic E-state index is -0.524. The number of ether oxygens (including phenoxy) is 1. The summed E-state index contributed by atoms with van der Waals surface area (Å²) in [4.78, 5) is 15.4. The zero-order valence-electron chi connectivity index (χ0n) is 8.33. The van der Waals surface area contributed by atoms with Crippen molar-refractivity contribution in [1.82, 2.24) is 4.98 Å². The Morgan fingerprint density at radius 1 is 1.31 bits per heavy atom. The summed E-state index contributed by atoms with van der Waals surface area (Å²) in [6.45, 7) is 0. The van der Waals surface area contributed by atoms with Crippen LogP contribution in [0.5, 0.6) is 0 Å². The van der Waals surface area contributed by atoms with E-state index in [1.54, 1.807) is 18.2 Å². The van der Waals surface area contributed by atoms with Gasteiger partial charge in [0.2, 0.25) is 0 Å². The van der Waals surface area contributed by atoms with Gasteiger partial charge in [-0.15, -0.1) is 0 Å². The smallest absolute Gasteiger partial charge is 0.356 e. The first-order valence-corrected chi connectivity index (χ1v) is 5.21. The maximum atomic E-state index is 11.3. The fraction of sp³-hybridized carbons (Fsp3) is 0.0909. The second-order valence-corrected chi connectivity index (χ2v) is 3.99. The quantitative estimate of drug-likeness (QED) is 0.734. The number of benzene rings is 1. The van der Waals surface area contributed by atoms with Crippen molar-refractivity contribution in [2.45, 2.75) is 0 Å². The normalized spacial score (nSPS) is 10.4. The first-order valence-electron chi connectivity index (χ1n) is 4.46. The topological polar surface area (TPSA) is 39.2 Å². The Hall–Kier alpha value is -1.32. The SMILES string of the molecule is COC(=O)c1cc(Cl)c2ccc(Cl)cc2n1. The van der Waals surface area contributed by atoms with E-state index in [4.69, 9.17) is 23.2 Å². The number of rotatable bonds is 1. The molecule has 0 aliphatic carbocycles. The van der Waals surface area contributed by atoms with Gasteiger partial charge in [-0.05, 0) is 24.3 Å². The molecule has 0 saturated heterocycles. The molecule has 0 amide bonds. The summed E-state index contributed by atoms with van der Waals surface area (Å²) < 4.78 is 4.58. The third-order valence-electron chi connectivity index (χ3n) is 2.12. The molecule has 0 unspecified atom stereocenters. The first kappa shape index (κ1) is 11.2. The van der Waals surface area contributed by atoms with Crippen molar-refractivity contribution >= 4 is 40.1 Å². The second kappa shape index (κ2) is 4.28. The number of esters is 1. The largest absolute Gasteiger partial charge is 0.464 e. The number of nitrogens with zero attached hydrogens (tertiary/aromatic N) is 1. The van der Waals surface area contributed by atoms with Crippen molar-refractivity contribution in [1.29, 1.82) is 0 Å². The molecule has 2 aromatic rings. The summed E-state index contributed by atoms with van der Waals surface area (Å²) in [5.41, 5.74) is 0.739. The van der Waals surface area contributed by atoms with Crippen LogP contribution in [0.15, 0.2) is 24.3 Å². The highest BCUT2D eigenvalue weighted by Crippen LogP contribution is 2.25. The molecule has 16 heavy (non-hydrogen) atoms. The minimum Gasteiger partial charge on any atom is -0.464 e. The van der Waals surface area contributed by atoms with Crippen molar-refractivity contribution in [2.75, 3.05) is 7.11 Å². The summed E-state index contributed by atoms with van der Waals surface area (Å²) in [5, 5.41) is 1.74. The van der Waals surface area contributed by atoms with Crippen molar-refractivity contribution in [3.63, 3.8) is 0 Å². The Morgan fingerprint density at radius 3 is 2.75 bits per heavy atom. The van der Waals surface area contributed by atoms with Crippen LogP contribution in [-0.4, -0.2) is 18.1 Å². The molecular weight excluding hydrogens is 249 g/mol. The third-order valence-corrected chi connectivity index (χ3v) is 2.66. The highest BCUT2D eigenvalue weighted by molar-refractivity contribution is 6.36. The van der Waals surface area contributed by atoms with Gasteiger partial charge in [0.15, 0.2) is 5.69 Å². The fourth-order valence-electron chi connectivity index (χ4n) is 1.37. The van der Waals surface area contributed by atoms with Gasteiger partial charge in [-0.3, -0.25) is 0 Å². The highest BCUT2D eigenvalue weighted by Gasteiger charge is 2.11. The molecule has 1 aromatic heterocycles. The van der Waals surface area contributed by atoms with E-state index < -0.39 is 5.97 Å². The number of carbonyl (C=O) groups is 1. The Balaban J connectivity index is 2.69. The van der Waals surface area contributed by atoms with Crippen LogP contribution >= 0.6 is 23.2 Å². The van der Waals surface area contributed by atoms with E-state index in [0.29, 0.717) is 15.6 Å². The molecule has 2 rings (SSSR count). The van der Waals surface area contributed by atoms with Crippen LogP contribution in [0.4, 0.5) is 0 Å². The maximum absolute atomic E-state index is 11.3. The van der Waals surface area contributed by atoms with Crippen LogP contribution in [0, 0.1) is 0 Å². The van der Waals surface area contributed by atoms with Gasteiger partial charge in [-0.1, -0.05) is 23.2 Å². The van der Waals surface area contributed by atoms with E-state index in [1.807, 2.05) is 0 Å². The van der Waals surface area contributed by atoms with Gasteiger partial charge in [0.25, 0.3) is 0 Å².